The molecular weight excluding hydrogens is 380 g/mol. The van der Waals surface area contributed by atoms with Gasteiger partial charge in [-0.1, -0.05) is 19.1 Å². The molecule has 3 aromatic rings. The Morgan fingerprint density at radius 2 is 2.10 bits per heavy atom. The van der Waals surface area contributed by atoms with Gasteiger partial charge in [-0.3, -0.25) is 4.79 Å². The zero-order valence-corrected chi connectivity index (χ0v) is 17.6. The van der Waals surface area contributed by atoms with Gasteiger partial charge < -0.3 is 18.6 Å². The molecule has 0 spiro atoms. The minimum Gasteiger partial charge on any atom is -0.497 e. The number of amides is 1. The van der Waals surface area contributed by atoms with E-state index in [-0.39, 0.29) is 11.8 Å². The fourth-order valence-corrected chi connectivity index (χ4v) is 3.99. The van der Waals surface area contributed by atoms with E-state index in [1.807, 2.05) is 46.9 Å². The fraction of sp³-hybridized carbons (Fsp3) is 0.435. The van der Waals surface area contributed by atoms with E-state index in [4.69, 9.17) is 9.15 Å². The van der Waals surface area contributed by atoms with Gasteiger partial charge in [0.2, 0.25) is 5.91 Å². The van der Waals surface area contributed by atoms with E-state index in [1.54, 1.807) is 19.5 Å². The van der Waals surface area contributed by atoms with Crippen molar-refractivity contribution in [1.82, 2.24) is 19.4 Å². The molecule has 1 aliphatic rings. The third-order valence-electron chi connectivity index (χ3n) is 5.66. The van der Waals surface area contributed by atoms with Crippen LogP contribution in [0.2, 0.25) is 0 Å². The molecule has 0 N–H and O–H groups in total. The van der Waals surface area contributed by atoms with Gasteiger partial charge in [0, 0.05) is 38.3 Å². The summed E-state index contributed by atoms with van der Waals surface area (Å²) in [5, 5.41) is 0. The number of oxazole rings is 1. The average molecular weight is 409 g/mol. The van der Waals surface area contributed by atoms with Crippen molar-refractivity contribution in [2.24, 2.45) is 0 Å². The number of imidazole rings is 1. The molecule has 1 atom stereocenters. The SMILES string of the molecule is CCc1nccn1CC(=O)N1CCC[C@H](c2ncc(Cc3ccc(OC)cc3)o2)C1. The Morgan fingerprint density at radius 3 is 2.87 bits per heavy atom. The molecular formula is C23H28N4O3. The highest BCUT2D eigenvalue weighted by molar-refractivity contribution is 5.76. The van der Waals surface area contributed by atoms with Crippen LogP contribution in [0.25, 0.3) is 0 Å². The van der Waals surface area contributed by atoms with Gasteiger partial charge in [-0.05, 0) is 30.5 Å². The minimum absolute atomic E-state index is 0.123. The molecule has 1 amide bonds. The van der Waals surface area contributed by atoms with E-state index in [2.05, 4.69) is 9.97 Å². The van der Waals surface area contributed by atoms with Crippen LogP contribution in [0.15, 0.2) is 47.3 Å². The Labute approximate surface area is 176 Å². The molecule has 2 aromatic heterocycles. The summed E-state index contributed by atoms with van der Waals surface area (Å²) in [6.45, 7) is 3.82. The Kier molecular flexibility index (Phi) is 6.16. The molecule has 1 aliphatic heterocycles. The Bertz CT molecular complexity index is 977. The summed E-state index contributed by atoms with van der Waals surface area (Å²) in [5.74, 6) is 3.61. The molecule has 1 aromatic carbocycles. The number of benzene rings is 1. The second-order valence-corrected chi connectivity index (χ2v) is 7.69. The predicted octanol–water partition coefficient (Wildman–Crippen LogP) is 3.44. The van der Waals surface area contributed by atoms with Crippen LogP contribution in [0.1, 0.15) is 48.7 Å². The number of ether oxygens (including phenoxy) is 1. The van der Waals surface area contributed by atoms with Crippen LogP contribution in [0.5, 0.6) is 5.75 Å². The van der Waals surface area contributed by atoms with Crippen LogP contribution in [0.3, 0.4) is 0 Å². The standard InChI is InChI=1S/C23H28N4O3/c1-3-21-24-10-12-26(21)16-22(28)27-11-4-5-18(15-27)23-25-14-20(30-23)13-17-6-8-19(29-2)9-7-17/h6-10,12,14,18H,3-5,11,13,15-16H2,1-2H3/t18-/m0/s1. The van der Waals surface area contributed by atoms with Crippen LogP contribution >= 0.6 is 0 Å². The zero-order chi connectivity index (χ0) is 20.9. The summed E-state index contributed by atoms with van der Waals surface area (Å²) in [7, 11) is 1.66. The first-order valence-electron chi connectivity index (χ1n) is 10.5. The number of aryl methyl sites for hydroxylation is 1. The number of nitrogens with zero attached hydrogens (tertiary/aromatic N) is 4. The van der Waals surface area contributed by atoms with Gasteiger partial charge in [0.05, 0.1) is 19.2 Å². The van der Waals surface area contributed by atoms with Gasteiger partial charge >= 0.3 is 0 Å². The lowest BCUT2D eigenvalue weighted by Gasteiger charge is -2.31. The minimum atomic E-state index is 0.123. The summed E-state index contributed by atoms with van der Waals surface area (Å²) in [5.41, 5.74) is 1.14. The highest BCUT2D eigenvalue weighted by atomic mass is 16.5. The van der Waals surface area contributed by atoms with Crippen molar-refractivity contribution in [2.45, 2.75) is 45.1 Å². The van der Waals surface area contributed by atoms with Crippen molar-refractivity contribution in [1.29, 1.82) is 0 Å². The number of aromatic nitrogens is 3. The molecule has 0 bridgehead atoms. The first-order chi connectivity index (χ1) is 14.7. The van der Waals surface area contributed by atoms with Crippen molar-refractivity contribution < 1.29 is 13.9 Å². The van der Waals surface area contributed by atoms with Crippen LogP contribution in [-0.2, 0) is 24.2 Å². The molecule has 7 heteroatoms. The maximum Gasteiger partial charge on any atom is 0.242 e. The van der Waals surface area contributed by atoms with Gasteiger partial charge in [-0.2, -0.15) is 0 Å². The summed E-state index contributed by atoms with van der Waals surface area (Å²) in [6, 6.07) is 7.95. The third kappa shape index (κ3) is 4.56. The van der Waals surface area contributed by atoms with Crippen LogP contribution < -0.4 is 4.74 Å². The summed E-state index contributed by atoms with van der Waals surface area (Å²) >= 11 is 0. The summed E-state index contributed by atoms with van der Waals surface area (Å²) < 4.78 is 13.2. The van der Waals surface area contributed by atoms with Gasteiger partial charge in [-0.15, -0.1) is 0 Å². The van der Waals surface area contributed by atoms with E-state index in [1.165, 1.54) is 0 Å². The molecule has 0 radical (unpaired) electrons. The number of rotatable bonds is 7. The zero-order valence-electron chi connectivity index (χ0n) is 17.6. The van der Waals surface area contributed by atoms with Crippen molar-refractivity contribution in [3.63, 3.8) is 0 Å². The lowest BCUT2D eigenvalue weighted by atomic mass is 9.98. The second kappa shape index (κ2) is 9.15. The van der Waals surface area contributed by atoms with Crippen molar-refractivity contribution in [3.05, 3.63) is 65.9 Å². The number of likely N-dealkylation sites (tertiary alicyclic amines) is 1. The maximum absolute atomic E-state index is 12.8. The Balaban J connectivity index is 1.37. The largest absolute Gasteiger partial charge is 0.497 e. The molecule has 1 saturated heterocycles. The first-order valence-corrected chi connectivity index (χ1v) is 10.5. The summed E-state index contributed by atoms with van der Waals surface area (Å²) in [6.07, 6.45) is 8.87. The molecule has 0 unspecified atom stereocenters. The van der Waals surface area contributed by atoms with Gasteiger partial charge in [0.25, 0.3) is 0 Å². The lowest BCUT2D eigenvalue weighted by molar-refractivity contribution is -0.133. The predicted molar refractivity (Wildman–Crippen MR) is 112 cm³/mol. The molecule has 3 heterocycles. The van der Waals surface area contributed by atoms with Crippen molar-refractivity contribution in [3.8, 4) is 5.75 Å². The smallest absolute Gasteiger partial charge is 0.242 e. The fourth-order valence-electron chi connectivity index (χ4n) is 3.99. The molecule has 158 valence electrons. The topological polar surface area (TPSA) is 73.4 Å². The molecule has 0 aliphatic carbocycles. The number of hydrogen-bond acceptors (Lipinski definition) is 5. The van der Waals surface area contributed by atoms with E-state index < -0.39 is 0 Å². The molecule has 4 rings (SSSR count). The molecule has 30 heavy (non-hydrogen) atoms. The van der Waals surface area contributed by atoms with Crippen molar-refractivity contribution in [2.75, 3.05) is 20.2 Å². The molecule has 1 fully saturated rings. The third-order valence-corrected chi connectivity index (χ3v) is 5.66. The highest BCUT2D eigenvalue weighted by Crippen LogP contribution is 2.27. The van der Waals surface area contributed by atoms with Crippen molar-refractivity contribution >= 4 is 5.91 Å². The van der Waals surface area contributed by atoms with E-state index in [9.17, 15) is 4.79 Å². The lowest BCUT2D eigenvalue weighted by Crippen LogP contribution is -2.41. The number of carbonyl (C=O) groups excluding carboxylic acids is 1. The number of carbonyl (C=O) groups is 1. The Hall–Kier alpha value is -3.09. The number of hydrogen-bond donors (Lipinski definition) is 0. The molecule has 0 saturated carbocycles. The second-order valence-electron chi connectivity index (χ2n) is 7.69. The van der Waals surface area contributed by atoms with Crippen LogP contribution in [0.4, 0.5) is 0 Å². The van der Waals surface area contributed by atoms with Crippen LogP contribution in [-0.4, -0.2) is 45.5 Å². The Morgan fingerprint density at radius 1 is 1.27 bits per heavy atom. The van der Waals surface area contributed by atoms with E-state index in [0.717, 1.165) is 54.6 Å². The number of methoxy groups -OCH3 is 1. The quantitative estimate of drug-likeness (QED) is 0.599. The van der Waals surface area contributed by atoms with E-state index in [0.29, 0.717) is 19.5 Å². The maximum atomic E-state index is 12.8. The summed E-state index contributed by atoms with van der Waals surface area (Å²) in [4.78, 5) is 23.6. The number of piperidine rings is 1. The first kappa shape index (κ1) is 20.2. The van der Waals surface area contributed by atoms with Gasteiger partial charge in [0.15, 0.2) is 5.89 Å². The highest BCUT2D eigenvalue weighted by Gasteiger charge is 2.28. The normalized spacial score (nSPS) is 16.6. The molecule has 7 nitrogen and oxygen atoms in total. The monoisotopic (exact) mass is 408 g/mol. The van der Waals surface area contributed by atoms with Gasteiger partial charge in [-0.25, -0.2) is 9.97 Å². The van der Waals surface area contributed by atoms with Gasteiger partial charge in [0.1, 0.15) is 23.9 Å². The van der Waals surface area contributed by atoms with E-state index >= 15 is 0 Å². The van der Waals surface area contributed by atoms with Crippen LogP contribution in [0, 0.1) is 0 Å². The average Bonchev–Trinajstić information content (AvgIpc) is 3.43.